The van der Waals surface area contributed by atoms with Gasteiger partial charge in [0.25, 0.3) is 11.6 Å². The topological polar surface area (TPSA) is 116 Å². The van der Waals surface area contributed by atoms with Crippen molar-refractivity contribution in [2.24, 2.45) is 0 Å². The number of nitro groups is 1. The van der Waals surface area contributed by atoms with Gasteiger partial charge in [0.05, 0.1) is 21.3 Å². The quantitative estimate of drug-likeness (QED) is 0.383. The van der Waals surface area contributed by atoms with Crippen molar-refractivity contribution in [2.75, 3.05) is 5.75 Å². The zero-order chi connectivity index (χ0) is 22.9. The molecule has 30 heavy (non-hydrogen) atoms. The second kappa shape index (κ2) is 8.44. The molecule has 2 aromatic carbocycles. The third-order valence-corrected chi connectivity index (χ3v) is 5.12. The van der Waals surface area contributed by atoms with Crippen LogP contribution < -0.4 is 9.46 Å². The molecule has 0 aliphatic carbocycles. The molecule has 0 unspecified atom stereocenters. The monoisotopic (exact) mass is 470 g/mol. The molecule has 0 bridgehead atoms. The molecule has 0 heterocycles. The van der Waals surface area contributed by atoms with E-state index in [0.29, 0.717) is 6.07 Å². The minimum Gasteiger partial charge on any atom is -0.453 e. The van der Waals surface area contributed by atoms with Crippen LogP contribution in [0.1, 0.15) is 22.8 Å². The lowest BCUT2D eigenvalue weighted by atomic mass is 10.1. The van der Waals surface area contributed by atoms with E-state index in [9.17, 15) is 40.9 Å². The Morgan fingerprint density at radius 1 is 1.27 bits per heavy atom. The van der Waals surface area contributed by atoms with Crippen LogP contribution in [0.25, 0.3) is 0 Å². The van der Waals surface area contributed by atoms with Gasteiger partial charge in [0.15, 0.2) is 11.6 Å². The number of hydrogen-bond acceptors (Lipinski definition) is 6. The molecule has 14 heteroatoms. The molecule has 0 aromatic heterocycles. The standard InChI is InChI=1S/C16H11ClF4N2O6S/c1-2-30(27,28)22-15(24)10-7-9(3-4-13(10)23(25)26)29-14-11(17)5-8(6-12(14)18)16(19,20)21/h3-7H,2H2,1H3,(H,22,24). The van der Waals surface area contributed by atoms with Gasteiger partial charge in [-0.2, -0.15) is 13.2 Å². The number of carbonyl (C=O) groups is 1. The second-order valence-corrected chi connectivity index (χ2v) is 8.06. The lowest BCUT2D eigenvalue weighted by Gasteiger charge is -2.13. The smallest absolute Gasteiger partial charge is 0.416 e. The summed E-state index contributed by atoms with van der Waals surface area (Å²) in [4.78, 5) is 22.3. The summed E-state index contributed by atoms with van der Waals surface area (Å²) in [7, 11) is -4.06. The highest BCUT2D eigenvalue weighted by Crippen LogP contribution is 2.39. The number of alkyl halides is 3. The first-order valence-corrected chi connectivity index (χ1v) is 9.85. The number of nitro benzene ring substituents is 1. The van der Waals surface area contributed by atoms with Gasteiger partial charge in [-0.15, -0.1) is 0 Å². The molecule has 162 valence electrons. The van der Waals surface area contributed by atoms with Gasteiger partial charge < -0.3 is 4.74 Å². The Hall–Kier alpha value is -2.93. The zero-order valence-electron chi connectivity index (χ0n) is 14.8. The number of halogens is 5. The van der Waals surface area contributed by atoms with E-state index in [1.807, 2.05) is 0 Å². The summed E-state index contributed by atoms with van der Waals surface area (Å²) >= 11 is 5.65. The van der Waals surface area contributed by atoms with Crippen LogP contribution >= 0.6 is 11.6 Å². The molecule has 0 saturated heterocycles. The molecule has 0 aliphatic heterocycles. The van der Waals surface area contributed by atoms with Crippen molar-refractivity contribution in [2.45, 2.75) is 13.1 Å². The summed E-state index contributed by atoms with van der Waals surface area (Å²) in [5.41, 5.74) is -2.89. The van der Waals surface area contributed by atoms with Gasteiger partial charge in [0, 0.05) is 12.1 Å². The fourth-order valence-corrected chi connectivity index (χ4v) is 2.91. The number of nitrogens with zero attached hydrogens (tertiary/aromatic N) is 1. The van der Waals surface area contributed by atoms with E-state index in [1.165, 1.54) is 6.92 Å². The van der Waals surface area contributed by atoms with Crippen molar-refractivity contribution in [3.8, 4) is 11.5 Å². The van der Waals surface area contributed by atoms with Gasteiger partial charge in [-0.1, -0.05) is 11.6 Å². The first-order chi connectivity index (χ1) is 13.7. The molecule has 0 spiro atoms. The number of sulfonamides is 1. The van der Waals surface area contributed by atoms with Crippen molar-refractivity contribution in [1.82, 2.24) is 4.72 Å². The fraction of sp³-hybridized carbons (Fsp3) is 0.188. The maximum absolute atomic E-state index is 14.1. The molecule has 0 aliphatic rings. The van der Waals surface area contributed by atoms with Crippen LogP contribution in [-0.4, -0.2) is 25.0 Å². The Bertz CT molecular complexity index is 1100. The highest BCUT2D eigenvalue weighted by atomic mass is 35.5. The predicted octanol–water partition coefficient (Wildman–Crippen LogP) is 4.28. The summed E-state index contributed by atoms with van der Waals surface area (Å²) in [6.07, 6.45) is -4.87. The Morgan fingerprint density at radius 2 is 1.90 bits per heavy atom. The van der Waals surface area contributed by atoms with Crippen LogP contribution in [0.4, 0.5) is 23.2 Å². The molecule has 2 rings (SSSR count). The molecule has 0 saturated carbocycles. The van der Waals surface area contributed by atoms with Crippen LogP contribution in [0.2, 0.25) is 5.02 Å². The maximum Gasteiger partial charge on any atom is 0.416 e. The summed E-state index contributed by atoms with van der Waals surface area (Å²) in [5, 5.41) is 10.4. The van der Waals surface area contributed by atoms with Crippen LogP contribution in [0.3, 0.4) is 0 Å². The SMILES string of the molecule is CCS(=O)(=O)NC(=O)c1cc(Oc2c(F)cc(C(F)(F)F)cc2Cl)ccc1[N+](=O)[O-]. The van der Waals surface area contributed by atoms with Crippen molar-refractivity contribution in [3.63, 3.8) is 0 Å². The Kier molecular flexibility index (Phi) is 6.57. The van der Waals surface area contributed by atoms with Crippen molar-refractivity contribution < 1.29 is 40.4 Å². The van der Waals surface area contributed by atoms with E-state index >= 15 is 0 Å². The zero-order valence-corrected chi connectivity index (χ0v) is 16.4. The molecular weight excluding hydrogens is 460 g/mol. The van der Waals surface area contributed by atoms with E-state index in [2.05, 4.69) is 0 Å². The van der Waals surface area contributed by atoms with Crippen LogP contribution in [0.5, 0.6) is 11.5 Å². The van der Waals surface area contributed by atoms with Crippen molar-refractivity contribution in [1.29, 1.82) is 0 Å². The van der Waals surface area contributed by atoms with E-state index in [4.69, 9.17) is 16.3 Å². The molecule has 0 fully saturated rings. The minimum atomic E-state index is -4.87. The Balaban J connectivity index is 2.48. The number of nitrogens with one attached hydrogen (secondary N) is 1. The lowest BCUT2D eigenvalue weighted by molar-refractivity contribution is -0.385. The number of carbonyl (C=O) groups excluding carboxylic acids is 1. The van der Waals surface area contributed by atoms with Gasteiger partial charge in [0.2, 0.25) is 10.0 Å². The Morgan fingerprint density at radius 3 is 2.40 bits per heavy atom. The van der Waals surface area contributed by atoms with Crippen LogP contribution in [-0.2, 0) is 16.2 Å². The van der Waals surface area contributed by atoms with Gasteiger partial charge in [-0.05, 0) is 25.1 Å². The molecule has 1 amide bonds. The summed E-state index contributed by atoms with van der Waals surface area (Å²) in [6, 6.07) is 2.97. The average molecular weight is 471 g/mol. The fourth-order valence-electron chi connectivity index (χ4n) is 2.13. The summed E-state index contributed by atoms with van der Waals surface area (Å²) in [6.45, 7) is 1.22. The number of benzene rings is 2. The van der Waals surface area contributed by atoms with Gasteiger partial charge in [-0.25, -0.2) is 17.5 Å². The van der Waals surface area contributed by atoms with Crippen molar-refractivity contribution >= 4 is 33.2 Å². The molecule has 2 aromatic rings. The highest BCUT2D eigenvalue weighted by Gasteiger charge is 2.33. The minimum absolute atomic E-state index is 0.133. The Labute approximate surface area is 171 Å². The first kappa shape index (κ1) is 23.3. The molecule has 1 N–H and O–H groups in total. The van der Waals surface area contributed by atoms with Crippen LogP contribution in [0.15, 0.2) is 30.3 Å². The van der Waals surface area contributed by atoms with E-state index in [1.54, 1.807) is 4.72 Å². The van der Waals surface area contributed by atoms with Crippen LogP contribution in [0, 0.1) is 15.9 Å². The normalized spacial score (nSPS) is 11.8. The molecule has 0 atom stereocenters. The molecule has 0 radical (unpaired) electrons. The van der Waals surface area contributed by atoms with Gasteiger partial charge >= 0.3 is 6.18 Å². The van der Waals surface area contributed by atoms with E-state index < -0.39 is 71.9 Å². The van der Waals surface area contributed by atoms with Gasteiger partial charge in [-0.3, -0.25) is 14.9 Å². The largest absolute Gasteiger partial charge is 0.453 e. The predicted molar refractivity (Wildman–Crippen MR) is 96.5 cm³/mol. The highest BCUT2D eigenvalue weighted by molar-refractivity contribution is 7.90. The summed E-state index contributed by atoms with van der Waals surface area (Å²) in [5.74, 6) is -4.57. The number of hydrogen-bond donors (Lipinski definition) is 1. The number of amides is 1. The molecule has 8 nitrogen and oxygen atoms in total. The van der Waals surface area contributed by atoms with E-state index in [0.717, 1.165) is 18.2 Å². The molecular formula is C16H11ClF4N2O6S. The van der Waals surface area contributed by atoms with Crippen molar-refractivity contribution in [3.05, 3.63) is 62.4 Å². The maximum atomic E-state index is 14.1. The number of rotatable bonds is 6. The van der Waals surface area contributed by atoms with Gasteiger partial charge in [0.1, 0.15) is 11.3 Å². The average Bonchev–Trinajstić information content (AvgIpc) is 2.63. The second-order valence-electron chi connectivity index (χ2n) is 5.64. The third-order valence-electron chi connectivity index (χ3n) is 3.58. The van der Waals surface area contributed by atoms with E-state index in [-0.39, 0.29) is 6.07 Å². The summed E-state index contributed by atoms with van der Waals surface area (Å²) < 4.78 is 82.0. The first-order valence-electron chi connectivity index (χ1n) is 7.82. The number of ether oxygens (including phenoxy) is 1. The third kappa shape index (κ3) is 5.36. The lowest BCUT2D eigenvalue weighted by Crippen LogP contribution is -2.32.